The minimum atomic E-state index is 0.255. The lowest BCUT2D eigenvalue weighted by Crippen LogP contribution is -2.23. The van der Waals surface area contributed by atoms with E-state index in [1.54, 1.807) is 12.4 Å². The van der Waals surface area contributed by atoms with E-state index >= 15 is 0 Å². The second-order valence-electron chi connectivity index (χ2n) is 3.43. The van der Waals surface area contributed by atoms with Crippen LogP contribution in [0, 0.1) is 0 Å². The topological polar surface area (TPSA) is 33.2 Å². The second-order valence-corrected chi connectivity index (χ2v) is 4.35. The molecule has 1 aromatic heterocycles. The van der Waals surface area contributed by atoms with Crippen LogP contribution in [0.1, 0.15) is 18.4 Å². The SMILES string of the molecule is O=C1CCCN1Cc1cncc(Br)c1. The summed E-state index contributed by atoms with van der Waals surface area (Å²) < 4.78 is 0.960. The van der Waals surface area contributed by atoms with Gasteiger partial charge in [-0.1, -0.05) is 0 Å². The van der Waals surface area contributed by atoms with Crippen molar-refractivity contribution in [3.05, 3.63) is 28.5 Å². The molecule has 1 saturated heterocycles. The number of pyridine rings is 1. The average molecular weight is 255 g/mol. The predicted molar refractivity (Wildman–Crippen MR) is 56.6 cm³/mol. The highest BCUT2D eigenvalue weighted by Crippen LogP contribution is 2.16. The third-order valence-corrected chi connectivity index (χ3v) is 2.74. The van der Waals surface area contributed by atoms with Crippen molar-refractivity contribution in [2.75, 3.05) is 6.54 Å². The molecule has 0 radical (unpaired) electrons. The fraction of sp³-hybridized carbons (Fsp3) is 0.400. The van der Waals surface area contributed by atoms with Gasteiger partial charge in [0.25, 0.3) is 0 Å². The van der Waals surface area contributed by atoms with Crippen LogP contribution in [0.3, 0.4) is 0 Å². The van der Waals surface area contributed by atoms with Crippen molar-refractivity contribution in [1.29, 1.82) is 0 Å². The zero-order valence-corrected chi connectivity index (χ0v) is 9.33. The van der Waals surface area contributed by atoms with E-state index in [1.165, 1.54) is 0 Å². The lowest BCUT2D eigenvalue weighted by atomic mass is 10.3. The summed E-state index contributed by atoms with van der Waals surface area (Å²) in [5.74, 6) is 0.255. The molecule has 0 aliphatic carbocycles. The molecule has 74 valence electrons. The highest BCUT2D eigenvalue weighted by atomic mass is 79.9. The number of nitrogens with zero attached hydrogens (tertiary/aromatic N) is 2. The van der Waals surface area contributed by atoms with Gasteiger partial charge in [0.1, 0.15) is 0 Å². The summed E-state index contributed by atoms with van der Waals surface area (Å²) >= 11 is 3.36. The quantitative estimate of drug-likeness (QED) is 0.809. The van der Waals surface area contributed by atoms with Crippen LogP contribution in [-0.4, -0.2) is 22.3 Å². The molecule has 0 N–H and O–H groups in total. The van der Waals surface area contributed by atoms with Crippen molar-refractivity contribution in [3.63, 3.8) is 0 Å². The summed E-state index contributed by atoms with van der Waals surface area (Å²) in [6.07, 6.45) is 5.23. The van der Waals surface area contributed by atoms with Crippen molar-refractivity contribution in [1.82, 2.24) is 9.88 Å². The number of aromatic nitrogens is 1. The van der Waals surface area contributed by atoms with Crippen LogP contribution in [0.2, 0.25) is 0 Å². The van der Waals surface area contributed by atoms with E-state index in [1.807, 2.05) is 11.0 Å². The first-order valence-electron chi connectivity index (χ1n) is 4.63. The summed E-state index contributed by atoms with van der Waals surface area (Å²) in [6.45, 7) is 1.57. The molecule has 1 aliphatic heterocycles. The number of hydrogen-bond acceptors (Lipinski definition) is 2. The molecule has 3 nitrogen and oxygen atoms in total. The van der Waals surface area contributed by atoms with Crippen LogP contribution >= 0.6 is 15.9 Å². The van der Waals surface area contributed by atoms with Gasteiger partial charge in [0.2, 0.25) is 5.91 Å². The number of likely N-dealkylation sites (tertiary alicyclic amines) is 1. The molecule has 0 atom stereocenters. The summed E-state index contributed by atoms with van der Waals surface area (Å²) in [6, 6.07) is 2.00. The minimum absolute atomic E-state index is 0.255. The molecule has 1 aliphatic rings. The molecule has 0 bridgehead atoms. The van der Waals surface area contributed by atoms with Crippen molar-refractivity contribution >= 4 is 21.8 Å². The van der Waals surface area contributed by atoms with Crippen LogP contribution < -0.4 is 0 Å². The van der Waals surface area contributed by atoms with Gasteiger partial charge in [-0.05, 0) is 34.0 Å². The predicted octanol–water partition coefficient (Wildman–Crippen LogP) is 1.97. The number of hydrogen-bond donors (Lipinski definition) is 0. The van der Waals surface area contributed by atoms with Gasteiger partial charge in [-0.15, -0.1) is 0 Å². The fourth-order valence-electron chi connectivity index (χ4n) is 1.63. The van der Waals surface area contributed by atoms with Crippen molar-refractivity contribution in [2.24, 2.45) is 0 Å². The Morgan fingerprint density at radius 1 is 1.50 bits per heavy atom. The summed E-state index contributed by atoms with van der Waals surface area (Å²) in [5, 5.41) is 0. The number of carbonyl (C=O) groups excluding carboxylic acids is 1. The normalized spacial score (nSPS) is 16.4. The Morgan fingerprint density at radius 2 is 2.36 bits per heavy atom. The first kappa shape index (κ1) is 9.65. The molecule has 2 rings (SSSR count). The molecule has 0 aromatic carbocycles. The van der Waals surface area contributed by atoms with Gasteiger partial charge < -0.3 is 4.90 Å². The fourth-order valence-corrected chi connectivity index (χ4v) is 2.05. The summed E-state index contributed by atoms with van der Waals surface area (Å²) in [4.78, 5) is 17.3. The first-order valence-corrected chi connectivity index (χ1v) is 5.42. The van der Waals surface area contributed by atoms with E-state index in [-0.39, 0.29) is 5.91 Å². The van der Waals surface area contributed by atoms with Gasteiger partial charge in [-0.2, -0.15) is 0 Å². The van der Waals surface area contributed by atoms with E-state index in [4.69, 9.17) is 0 Å². The molecule has 0 saturated carbocycles. The average Bonchev–Trinajstić information content (AvgIpc) is 2.52. The lowest BCUT2D eigenvalue weighted by Gasteiger charge is -2.14. The van der Waals surface area contributed by atoms with E-state index in [0.717, 1.165) is 23.0 Å². The van der Waals surface area contributed by atoms with Gasteiger partial charge in [0, 0.05) is 36.4 Å². The lowest BCUT2D eigenvalue weighted by molar-refractivity contribution is -0.128. The molecule has 4 heteroatoms. The van der Waals surface area contributed by atoms with Crippen LogP contribution in [0.4, 0.5) is 0 Å². The third-order valence-electron chi connectivity index (χ3n) is 2.31. The van der Waals surface area contributed by atoms with Gasteiger partial charge in [0.05, 0.1) is 0 Å². The largest absolute Gasteiger partial charge is 0.338 e. The second kappa shape index (κ2) is 4.09. The van der Waals surface area contributed by atoms with Gasteiger partial charge in [-0.3, -0.25) is 9.78 Å². The number of rotatable bonds is 2. The maximum absolute atomic E-state index is 11.4. The highest BCUT2D eigenvalue weighted by Gasteiger charge is 2.19. The zero-order chi connectivity index (χ0) is 9.97. The van der Waals surface area contributed by atoms with Crippen LogP contribution in [0.25, 0.3) is 0 Å². The molecule has 1 fully saturated rings. The van der Waals surface area contributed by atoms with Crippen molar-refractivity contribution in [3.8, 4) is 0 Å². The molecule has 1 amide bonds. The number of carbonyl (C=O) groups is 1. The molecule has 0 unspecified atom stereocenters. The molecule has 14 heavy (non-hydrogen) atoms. The van der Waals surface area contributed by atoms with E-state index in [0.29, 0.717) is 13.0 Å². The van der Waals surface area contributed by atoms with Crippen LogP contribution in [0.15, 0.2) is 22.9 Å². The Morgan fingerprint density at radius 3 is 3.00 bits per heavy atom. The first-order chi connectivity index (χ1) is 6.75. The maximum Gasteiger partial charge on any atom is 0.222 e. The molecule has 0 spiro atoms. The van der Waals surface area contributed by atoms with E-state index in [9.17, 15) is 4.79 Å². The molecule has 2 heterocycles. The molecule has 1 aromatic rings. The highest BCUT2D eigenvalue weighted by molar-refractivity contribution is 9.10. The third kappa shape index (κ3) is 2.12. The monoisotopic (exact) mass is 254 g/mol. The number of halogens is 1. The van der Waals surface area contributed by atoms with Gasteiger partial charge in [0.15, 0.2) is 0 Å². The Bertz CT molecular complexity index is 354. The maximum atomic E-state index is 11.4. The van der Waals surface area contributed by atoms with Gasteiger partial charge in [-0.25, -0.2) is 0 Å². The Hall–Kier alpha value is -0.900. The standard InChI is InChI=1S/C10H11BrN2O/c11-9-4-8(5-12-6-9)7-13-3-1-2-10(13)14/h4-6H,1-3,7H2. The summed E-state index contributed by atoms with van der Waals surface area (Å²) in [5.41, 5.74) is 1.08. The van der Waals surface area contributed by atoms with Crippen molar-refractivity contribution < 1.29 is 4.79 Å². The summed E-state index contributed by atoms with van der Waals surface area (Å²) in [7, 11) is 0. The smallest absolute Gasteiger partial charge is 0.222 e. The molecular formula is C10H11BrN2O. The van der Waals surface area contributed by atoms with Gasteiger partial charge >= 0.3 is 0 Å². The Balaban J connectivity index is 2.07. The van der Waals surface area contributed by atoms with E-state index in [2.05, 4.69) is 20.9 Å². The zero-order valence-electron chi connectivity index (χ0n) is 7.74. The Labute approximate surface area is 91.3 Å². The minimum Gasteiger partial charge on any atom is -0.338 e. The Kier molecular flexibility index (Phi) is 2.82. The number of amides is 1. The van der Waals surface area contributed by atoms with Crippen LogP contribution in [0.5, 0.6) is 0 Å². The van der Waals surface area contributed by atoms with Crippen molar-refractivity contribution in [2.45, 2.75) is 19.4 Å². The van der Waals surface area contributed by atoms with E-state index < -0.39 is 0 Å². The van der Waals surface area contributed by atoms with Crippen LogP contribution in [-0.2, 0) is 11.3 Å². The molecular weight excluding hydrogens is 244 g/mol.